The second kappa shape index (κ2) is 3.55. The molecule has 1 aliphatic carbocycles. The van der Waals surface area contributed by atoms with E-state index in [0.717, 1.165) is 5.66 Å². The molecule has 1 aromatic carbocycles. The number of hydrogen-bond acceptors (Lipinski definition) is 0. The van der Waals surface area contributed by atoms with Crippen LogP contribution in [0.25, 0.3) is 0 Å². The van der Waals surface area contributed by atoms with Gasteiger partial charge in [0.15, 0.2) is 0 Å². The van der Waals surface area contributed by atoms with Gasteiger partial charge < -0.3 is 0 Å². The van der Waals surface area contributed by atoms with E-state index in [1.54, 1.807) is 11.1 Å². The molecule has 0 saturated carbocycles. The van der Waals surface area contributed by atoms with Crippen LogP contribution in [0.2, 0.25) is 0 Å². The van der Waals surface area contributed by atoms with Crippen LogP contribution in [-0.2, 0) is 6.42 Å². The molecule has 0 spiro atoms. The zero-order valence-corrected chi connectivity index (χ0v) is 10.7. The van der Waals surface area contributed by atoms with Crippen LogP contribution >= 0.6 is 7.92 Å². The van der Waals surface area contributed by atoms with Crippen LogP contribution in [0.3, 0.4) is 0 Å². The molecule has 0 aromatic heterocycles. The third-order valence-corrected chi connectivity index (χ3v) is 5.31. The Kier molecular flexibility index (Phi) is 2.57. The average Bonchev–Trinajstić information content (AvgIpc) is 2.49. The molecule has 0 amide bonds. The van der Waals surface area contributed by atoms with E-state index in [-0.39, 0.29) is 7.92 Å². The summed E-state index contributed by atoms with van der Waals surface area (Å²) in [6, 6.07) is 6.79. The monoisotopic (exact) mass is 207 g/mol. The van der Waals surface area contributed by atoms with Crippen LogP contribution in [0.4, 0.5) is 0 Å². The molecule has 2 rings (SSSR count). The zero-order chi connectivity index (χ0) is 9.42. The topological polar surface area (TPSA) is 0 Å². The van der Waals surface area contributed by atoms with Crippen molar-refractivity contribution in [2.75, 3.05) is 13.3 Å². The highest BCUT2D eigenvalue weighted by atomic mass is 31.1. The van der Waals surface area contributed by atoms with Gasteiger partial charge in [-0.2, -0.15) is 0 Å². The number of hydrogen-bond donors (Lipinski definition) is 0. The van der Waals surface area contributed by atoms with Crippen LogP contribution in [0.1, 0.15) is 23.2 Å². The standard InChI is InChI=1S/C11H16PSi/c1-12(2)9-7-6-8-4-3-5-10(13)11(8)9/h3-5,9H,6-7,13H2,1-2H3. The van der Waals surface area contributed by atoms with E-state index in [4.69, 9.17) is 0 Å². The van der Waals surface area contributed by atoms with Gasteiger partial charge in [-0.25, -0.2) is 0 Å². The summed E-state index contributed by atoms with van der Waals surface area (Å²) in [6.07, 6.45) is 2.70. The number of aryl methyl sites for hydroxylation is 1. The van der Waals surface area contributed by atoms with Gasteiger partial charge >= 0.3 is 0 Å². The largest absolute Gasteiger partial charge is 0.105 e. The zero-order valence-electron chi connectivity index (χ0n) is 8.38. The lowest BCUT2D eigenvalue weighted by atomic mass is 10.1. The second-order valence-corrected chi connectivity index (χ2v) is 7.32. The van der Waals surface area contributed by atoms with Gasteiger partial charge in [-0.05, 0) is 37.3 Å². The minimum Gasteiger partial charge on any atom is -0.105 e. The molecule has 13 heavy (non-hydrogen) atoms. The van der Waals surface area contributed by atoms with E-state index in [9.17, 15) is 0 Å². The van der Waals surface area contributed by atoms with E-state index < -0.39 is 0 Å². The Morgan fingerprint density at radius 3 is 2.85 bits per heavy atom. The maximum atomic E-state index is 2.41. The Morgan fingerprint density at radius 2 is 2.15 bits per heavy atom. The molecule has 1 unspecified atom stereocenters. The van der Waals surface area contributed by atoms with Gasteiger partial charge in [0.2, 0.25) is 0 Å². The molecule has 0 aliphatic heterocycles. The summed E-state index contributed by atoms with van der Waals surface area (Å²) in [5.74, 6) is 0. The third-order valence-electron chi connectivity index (χ3n) is 2.93. The first-order valence-electron chi connectivity index (χ1n) is 4.80. The molecule has 1 atom stereocenters. The molecule has 0 saturated heterocycles. The molecule has 0 nitrogen and oxygen atoms in total. The van der Waals surface area contributed by atoms with Crippen molar-refractivity contribution in [3.63, 3.8) is 0 Å². The molecular formula is C11H16PSi. The number of rotatable bonds is 1. The predicted octanol–water partition coefficient (Wildman–Crippen LogP) is 1.67. The van der Waals surface area contributed by atoms with Gasteiger partial charge in [-0.1, -0.05) is 23.4 Å². The van der Waals surface area contributed by atoms with Crippen LogP contribution in [0, 0.1) is 0 Å². The van der Waals surface area contributed by atoms with Crippen molar-refractivity contribution in [1.82, 2.24) is 0 Å². The van der Waals surface area contributed by atoms with E-state index in [0.29, 0.717) is 0 Å². The second-order valence-electron chi connectivity index (χ2n) is 4.01. The Bertz CT molecular complexity index is 320. The summed E-state index contributed by atoms with van der Waals surface area (Å²) in [5.41, 5.74) is 4.20. The first-order chi connectivity index (χ1) is 6.20. The lowest BCUT2D eigenvalue weighted by molar-refractivity contribution is 0.883. The van der Waals surface area contributed by atoms with E-state index in [1.807, 2.05) is 0 Å². The molecular weight excluding hydrogens is 191 g/mol. The number of fused-ring (bicyclic) bond motifs is 1. The summed E-state index contributed by atoms with van der Waals surface area (Å²) in [7, 11) is 2.25. The maximum Gasteiger partial charge on any atom is 0.0481 e. The molecule has 69 valence electrons. The van der Waals surface area contributed by atoms with Gasteiger partial charge in [0.25, 0.3) is 0 Å². The van der Waals surface area contributed by atoms with Crippen LogP contribution in [0.5, 0.6) is 0 Å². The lowest BCUT2D eigenvalue weighted by Gasteiger charge is -2.18. The molecule has 2 heteroatoms. The van der Waals surface area contributed by atoms with Gasteiger partial charge in [-0.15, -0.1) is 7.92 Å². The van der Waals surface area contributed by atoms with Gasteiger partial charge in [-0.3, -0.25) is 0 Å². The molecule has 0 N–H and O–H groups in total. The van der Waals surface area contributed by atoms with Gasteiger partial charge in [0, 0.05) is 15.9 Å². The SMILES string of the molecule is CP(C)C1CCc2cccc([SiH2])c21. The Hall–Kier alpha value is -0.133. The minimum absolute atomic E-state index is 0.200. The van der Waals surface area contributed by atoms with Crippen LogP contribution in [-0.4, -0.2) is 23.6 Å². The third kappa shape index (κ3) is 1.60. The average molecular weight is 207 g/mol. The summed E-state index contributed by atoms with van der Waals surface area (Å²) in [4.78, 5) is 0. The van der Waals surface area contributed by atoms with Crippen molar-refractivity contribution < 1.29 is 0 Å². The fourth-order valence-corrected chi connectivity index (χ4v) is 4.54. The first kappa shape index (κ1) is 9.42. The first-order valence-corrected chi connectivity index (χ1v) is 7.81. The van der Waals surface area contributed by atoms with Crippen LogP contribution in [0.15, 0.2) is 18.2 Å². The van der Waals surface area contributed by atoms with Crippen molar-refractivity contribution in [3.8, 4) is 0 Å². The molecule has 1 aromatic rings. The highest BCUT2D eigenvalue weighted by molar-refractivity contribution is 7.56. The normalized spacial score (nSPS) is 20.8. The summed E-state index contributed by atoms with van der Waals surface area (Å²) in [5, 5.41) is 1.54. The molecule has 0 bridgehead atoms. The van der Waals surface area contributed by atoms with Gasteiger partial charge in [0.05, 0.1) is 0 Å². The maximum absolute atomic E-state index is 2.41. The fourth-order valence-electron chi connectivity index (χ4n) is 2.27. The van der Waals surface area contributed by atoms with E-state index >= 15 is 0 Å². The van der Waals surface area contributed by atoms with E-state index in [1.165, 1.54) is 18.0 Å². The predicted molar refractivity (Wildman–Crippen MR) is 64.5 cm³/mol. The quantitative estimate of drug-likeness (QED) is 0.485. The molecule has 0 heterocycles. The Labute approximate surface area is 84.9 Å². The molecule has 1 aliphatic rings. The fraction of sp³-hybridized carbons (Fsp3) is 0.455. The summed E-state index contributed by atoms with van der Waals surface area (Å²) >= 11 is 0. The van der Waals surface area contributed by atoms with Crippen molar-refractivity contribution in [3.05, 3.63) is 29.3 Å². The smallest absolute Gasteiger partial charge is 0.0481 e. The summed E-state index contributed by atoms with van der Waals surface area (Å²) < 4.78 is 0. The van der Waals surface area contributed by atoms with Crippen molar-refractivity contribution >= 4 is 23.4 Å². The van der Waals surface area contributed by atoms with Crippen LogP contribution < -0.4 is 5.19 Å². The molecule has 0 fully saturated rings. The van der Waals surface area contributed by atoms with Gasteiger partial charge in [0.1, 0.15) is 0 Å². The lowest BCUT2D eigenvalue weighted by Crippen LogP contribution is -2.11. The highest BCUT2D eigenvalue weighted by Crippen LogP contribution is 2.51. The van der Waals surface area contributed by atoms with Crippen molar-refractivity contribution in [2.24, 2.45) is 0 Å². The molecule has 1 radical (unpaired) electrons. The van der Waals surface area contributed by atoms with Crippen molar-refractivity contribution in [2.45, 2.75) is 18.5 Å². The number of benzene rings is 1. The minimum atomic E-state index is 0.200. The van der Waals surface area contributed by atoms with Crippen molar-refractivity contribution in [1.29, 1.82) is 0 Å². The van der Waals surface area contributed by atoms with E-state index in [2.05, 4.69) is 41.8 Å². The Morgan fingerprint density at radius 1 is 1.38 bits per heavy atom. The highest BCUT2D eigenvalue weighted by Gasteiger charge is 2.25. The summed E-state index contributed by atoms with van der Waals surface area (Å²) in [6.45, 7) is 4.81. The Balaban J connectivity index is 2.46.